The van der Waals surface area contributed by atoms with E-state index >= 15 is 0 Å². The van der Waals surface area contributed by atoms with Gasteiger partial charge in [-0.25, -0.2) is 12.7 Å². The van der Waals surface area contributed by atoms with Crippen LogP contribution in [0.3, 0.4) is 0 Å². The number of carbonyl (C=O) groups is 2. The molecule has 0 bridgehead atoms. The molecular formula is C23H29N3O5S. The van der Waals surface area contributed by atoms with Crippen LogP contribution < -0.4 is 14.4 Å². The summed E-state index contributed by atoms with van der Waals surface area (Å²) in [5, 5.41) is 2.92. The van der Waals surface area contributed by atoms with Gasteiger partial charge < -0.3 is 15.0 Å². The van der Waals surface area contributed by atoms with Gasteiger partial charge in [-0.2, -0.15) is 0 Å². The van der Waals surface area contributed by atoms with E-state index in [0.717, 1.165) is 15.6 Å². The molecule has 32 heavy (non-hydrogen) atoms. The van der Waals surface area contributed by atoms with Gasteiger partial charge in [0.15, 0.2) is 0 Å². The van der Waals surface area contributed by atoms with Gasteiger partial charge >= 0.3 is 0 Å². The van der Waals surface area contributed by atoms with Crippen LogP contribution in [0.1, 0.15) is 35.8 Å². The summed E-state index contributed by atoms with van der Waals surface area (Å²) in [7, 11) is 1.75. The molecule has 0 radical (unpaired) electrons. The fraction of sp³-hybridized carbons (Fsp3) is 0.391. The summed E-state index contributed by atoms with van der Waals surface area (Å²) >= 11 is 0. The summed E-state index contributed by atoms with van der Waals surface area (Å²) in [6.07, 6.45) is 0. The molecule has 0 spiro atoms. The van der Waals surface area contributed by atoms with E-state index in [1.165, 1.54) is 24.3 Å². The number of methoxy groups -OCH3 is 1. The van der Waals surface area contributed by atoms with Gasteiger partial charge in [0.1, 0.15) is 5.75 Å². The first-order chi connectivity index (χ1) is 15.0. The Balaban J connectivity index is 1.71. The molecule has 1 saturated heterocycles. The Bertz CT molecular complexity index is 1090. The van der Waals surface area contributed by atoms with Crippen LogP contribution in [0.4, 0.5) is 5.69 Å². The summed E-state index contributed by atoms with van der Waals surface area (Å²) in [4.78, 5) is 27.2. The van der Waals surface area contributed by atoms with Gasteiger partial charge in [0.05, 0.1) is 30.0 Å². The van der Waals surface area contributed by atoms with Crippen LogP contribution >= 0.6 is 0 Å². The molecule has 1 aliphatic rings. The van der Waals surface area contributed by atoms with E-state index < -0.39 is 21.3 Å². The fourth-order valence-corrected chi connectivity index (χ4v) is 5.83. The number of nitrogens with zero attached hydrogens (tertiary/aromatic N) is 2. The maximum Gasteiger partial charge on any atom is 0.251 e. The molecule has 1 N–H and O–H groups in total. The molecule has 0 aromatic heterocycles. The Kier molecular flexibility index (Phi) is 6.61. The quantitative estimate of drug-likeness (QED) is 0.683. The molecular weight excluding hydrogens is 430 g/mol. The zero-order valence-corrected chi connectivity index (χ0v) is 19.8. The highest BCUT2D eigenvalue weighted by atomic mass is 32.2. The molecule has 0 aliphatic carbocycles. The van der Waals surface area contributed by atoms with Gasteiger partial charge in [-0.15, -0.1) is 0 Å². The Hall–Kier alpha value is -2.91. The molecule has 172 valence electrons. The van der Waals surface area contributed by atoms with Crippen molar-refractivity contribution in [2.75, 3.05) is 37.8 Å². The number of amides is 2. The van der Waals surface area contributed by atoms with Crippen LogP contribution in [0.5, 0.6) is 5.75 Å². The van der Waals surface area contributed by atoms with Crippen molar-refractivity contribution in [2.24, 2.45) is 5.41 Å². The van der Waals surface area contributed by atoms with Gasteiger partial charge in [0, 0.05) is 12.1 Å². The van der Waals surface area contributed by atoms with Gasteiger partial charge in [-0.3, -0.25) is 9.59 Å². The lowest BCUT2D eigenvalue weighted by atomic mass is 9.95. The molecule has 1 aliphatic heterocycles. The smallest absolute Gasteiger partial charge is 0.251 e. The van der Waals surface area contributed by atoms with Crippen molar-refractivity contribution in [3.05, 3.63) is 59.7 Å². The van der Waals surface area contributed by atoms with E-state index in [2.05, 4.69) is 5.32 Å². The molecule has 2 aromatic rings. The minimum atomic E-state index is -3.73. The summed E-state index contributed by atoms with van der Waals surface area (Å²) in [5.74, 6) is -0.230. The third-order valence-corrected chi connectivity index (χ3v) is 7.55. The van der Waals surface area contributed by atoms with Crippen molar-refractivity contribution >= 4 is 27.5 Å². The van der Waals surface area contributed by atoms with Gasteiger partial charge in [0.25, 0.3) is 5.91 Å². The predicted octanol–water partition coefficient (Wildman–Crippen LogP) is 2.43. The van der Waals surface area contributed by atoms with Crippen molar-refractivity contribution < 1.29 is 22.7 Å². The molecule has 0 saturated carbocycles. The second-order valence-corrected chi connectivity index (χ2v) is 10.5. The van der Waals surface area contributed by atoms with E-state index in [1.807, 2.05) is 43.3 Å². The molecule has 1 heterocycles. The highest BCUT2D eigenvalue weighted by Gasteiger charge is 2.49. The van der Waals surface area contributed by atoms with E-state index in [9.17, 15) is 18.0 Å². The number of hydrogen-bond acceptors (Lipinski definition) is 6. The number of carbonyl (C=O) groups excluding carboxylic acids is 2. The Labute approximate surface area is 189 Å². The Morgan fingerprint density at radius 3 is 2.19 bits per heavy atom. The Morgan fingerprint density at radius 1 is 1.12 bits per heavy atom. The van der Waals surface area contributed by atoms with Crippen LogP contribution in [0.15, 0.2) is 48.5 Å². The summed E-state index contributed by atoms with van der Waals surface area (Å²) in [6.45, 7) is 3.60. The Morgan fingerprint density at radius 2 is 1.72 bits per heavy atom. The van der Waals surface area contributed by atoms with Crippen molar-refractivity contribution in [3.63, 3.8) is 0 Å². The van der Waals surface area contributed by atoms with Crippen LogP contribution in [0.25, 0.3) is 0 Å². The number of benzene rings is 2. The van der Waals surface area contributed by atoms with Crippen molar-refractivity contribution in [2.45, 2.75) is 19.9 Å². The largest absolute Gasteiger partial charge is 0.497 e. The van der Waals surface area contributed by atoms with E-state index in [4.69, 9.17) is 4.74 Å². The second kappa shape index (κ2) is 8.91. The summed E-state index contributed by atoms with van der Waals surface area (Å²) < 4.78 is 30.9. The van der Waals surface area contributed by atoms with Crippen LogP contribution in [0.2, 0.25) is 0 Å². The van der Waals surface area contributed by atoms with Gasteiger partial charge in [-0.05, 0) is 69.9 Å². The predicted molar refractivity (Wildman–Crippen MR) is 123 cm³/mol. The van der Waals surface area contributed by atoms with Crippen LogP contribution in [0, 0.1) is 5.41 Å². The highest BCUT2D eigenvalue weighted by molar-refractivity contribution is 7.94. The lowest BCUT2D eigenvalue weighted by molar-refractivity contribution is -0.123. The third-order valence-electron chi connectivity index (χ3n) is 5.53. The lowest BCUT2D eigenvalue weighted by Gasteiger charge is -2.25. The van der Waals surface area contributed by atoms with Crippen molar-refractivity contribution in [1.82, 2.24) is 10.2 Å². The zero-order valence-electron chi connectivity index (χ0n) is 19.0. The fourth-order valence-electron chi connectivity index (χ4n) is 3.73. The topological polar surface area (TPSA) is 96.0 Å². The lowest BCUT2D eigenvalue weighted by Crippen LogP contribution is -2.34. The first-order valence-electron chi connectivity index (χ1n) is 10.2. The SMILES string of the molecule is COc1ccc(C(CNC(=O)c2ccc(N3C(=O)C(C)(C)CS3(=O)=O)cc2)N(C)C)cc1. The average Bonchev–Trinajstić information content (AvgIpc) is 2.90. The number of hydrogen-bond donors (Lipinski definition) is 1. The number of nitrogens with one attached hydrogen (secondary N) is 1. The van der Waals surface area contributed by atoms with E-state index in [0.29, 0.717) is 12.1 Å². The first-order valence-corrected chi connectivity index (χ1v) is 11.8. The summed E-state index contributed by atoms with van der Waals surface area (Å²) in [5.41, 5.74) is 0.676. The maximum absolute atomic E-state index is 12.7. The maximum atomic E-state index is 12.7. The molecule has 1 unspecified atom stereocenters. The number of rotatable bonds is 7. The van der Waals surface area contributed by atoms with Gasteiger partial charge in [-0.1, -0.05) is 12.1 Å². The average molecular weight is 460 g/mol. The molecule has 8 nitrogen and oxygen atoms in total. The molecule has 2 amide bonds. The van der Waals surface area contributed by atoms with E-state index in [-0.39, 0.29) is 23.4 Å². The minimum Gasteiger partial charge on any atom is -0.497 e. The van der Waals surface area contributed by atoms with Gasteiger partial charge in [0.2, 0.25) is 15.9 Å². The molecule has 3 rings (SSSR count). The van der Waals surface area contributed by atoms with Crippen LogP contribution in [-0.2, 0) is 14.8 Å². The molecule has 9 heteroatoms. The molecule has 1 fully saturated rings. The third kappa shape index (κ3) is 4.78. The van der Waals surface area contributed by atoms with Crippen molar-refractivity contribution in [3.8, 4) is 5.75 Å². The monoisotopic (exact) mass is 459 g/mol. The molecule has 2 aromatic carbocycles. The number of likely N-dealkylation sites (N-methyl/N-ethyl adjacent to an activating group) is 1. The minimum absolute atomic E-state index is 0.0428. The van der Waals surface area contributed by atoms with Crippen LogP contribution in [-0.4, -0.2) is 58.6 Å². The number of sulfonamides is 1. The van der Waals surface area contributed by atoms with Crippen molar-refractivity contribution in [1.29, 1.82) is 0 Å². The standard InChI is InChI=1S/C23H29N3O5S/c1-23(2)15-32(29,30)26(22(23)28)18-10-6-17(7-11-18)21(27)24-14-20(25(3)4)16-8-12-19(31-5)13-9-16/h6-13,20H,14-15H2,1-5H3,(H,24,27). The summed E-state index contributed by atoms with van der Waals surface area (Å²) in [6, 6.07) is 13.6. The molecule has 1 atom stereocenters. The second-order valence-electron chi connectivity index (χ2n) is 8.72. The number of anilines is 1. The highest BCUT2D eigenvalue weighted by Crippen LogP contribution is 2.35. The normalized spacial score (nSPS) is 17.9. The number of ether oxygens (including phenoxy) is 1. The van der Waals surface area contributed by atoms with E-state index in [1.54, 1.807) is 21.0 Å². The first kappa shape index (κ1) is 23.7. The zero-order chi connectivity index (χ0) is 23.7.